The lowest BCUT2D eigenvalue weighted by Gasteiger charge is -2.35. The summed E-state index contributed by atoms with van der Waals surface area (Å²) in [5.74, 6) is -5.06. The number of nitrogens with zero attached hydrogens (tertiary/aromatic N) is 2. The molecule has 0 radical (unpaired) electrons. The largest absolute Gasteiger partial charge is 0.496 e. The molecule has 3 heterocycles. The number of carboxylic acid groups (broad SMARTS) is 1. The van der Waals surface area contributed by atoms with Gasteiger partial charge in [0.1, 0.15) is 17.1 Å². The summed E-state index contributed by atoms with van der Waals surface area (Å²) < 4.78 is 55.9. The molecule has 3 aliphatic rings. The van der Waals surface area contributed by atoms with Crippen molar-refractivity contribution in [3.8, 4) is 16.9 Å². The molecule has 2 amide bonds. The highest BCUT2D eigenvalue weighted by atomic mass is 19.4. The number of methoxy groups -OCH3 is 2. The number of imide groups is 1. The highest BCUT2D eigenvalue weighted by molar-refractivity contribution is 6.09. The van der Waals surface area contributed by atoms with Crippen LogP contribution in [0.1, 0.15) is 24.4 Å². The van der Waals surface area contributed by atoms with Gasteiger partial charge in [-0.05, 0) is 48.7 Å². The Morgan fingerprint density at radius 3 is 2.23 bits per heavy atom. The summed E-state index contributed by atoms with van der Waals surface area (Å²) >= 11 is 0. The van der Waals surface area contributed by atoms with Gasteiger partial charge in [0, 0.05) is 18.7 Å². The number of hydrogen-bond acceptors (Lipinski definition) is 7. The molecule has 2 aromatic carbocycles. The van der Waals surface area contributed by atoms with E-state index in [-0.39, 0.29) is 17.6 Å². The smallest absolute Gasteiger partial charge is 0.490 e. The molecule has 2 aromatic rings. The molecular formula is C27H26F4N2O7. The first kappa shape index (κ1) is 29.0. The van der Waals surface area contributed by atoms with Crippen LogP contribution in [0.25, 0.3) is 11.1 Å². The van der Waals surface area contributed by atoms with Crippen molar-refractivity contribution in [2.75, 3.05) is 27.8 Å². The van der Waals surface area contributed by atoms with Gasteiger partial charge in [-0.2, -0.15) is 13.2 Å². The lowest BCUT2D eigenvalue weighted by atomic mass is 9.77. The molecule has 0 spiro atoms. The number of rotatable bonds is 4. The fourth-order valence-corrected chi connectivity index (χ4v) is 6.10. The maximum absolute atomic E-state index is 13.4. The van der Waals surface area contributed by atoms with Gasteiger partial charge in [0.25, 0.3) is 0 Å². The summed E-state index contributed by atoms with van der Waals surface area (Å²) in [7, 11) is 4.35. The highest BCUT2D eigenvalue weighted by Crippen LogP contribution is 2.59. The Morgan fingerprint density at radius 2 is 1.68 bits per heavy atom. The van der Waals surface area contributed by atoms with Crippen molar-refractivity contribution in [1.82, 2.24) is 9.80 Å². The summed E-state index contributed by atoms with van der Waals surface area (Å²) in [5.41, 5.74) is 1.21. The number of benzene rings is 2. The third-order valence-electron chi connectivity index (χ3n) is 7.74. The fourth-order valence-electron chi connectivity index (χ4n) is 6.10. The van der Waals surface area contributed by atoms with E-state index in [0.29, 0.717) is 18.7 Å². The molecule has 0 aliphatic carbocycles. The molecule has 0 bridgehead atoms. The summed E-state index contributed by atoms with van der Waals surface area (Å²) in [6, 6.07) is 11.3. The van der Waals surface area contributed by atoms with Gasteiger partial charge in [-0.1, -0.05) is 24.3 Å². The summed E-state index contributed by atoms with van der Waals surface area (Å²) in [6.07, 6.45) is -3.89. The Labute approximate surface area is 226 Å². The minimum atomic E-state index is -5.08. The van der Waals surface area contributed by atoms with Gasteiger partial charge in [-0.3, -0.25) is 24.2 Å². The Morgan fingerprint density at radius 1 is 1.05 bits per heavy atom. The van der Waals surface area contributed by atoms with Crippen molar-refractivity contribution in [3.05, 3.63) is 53.8 Å². The molecule has 13 heteroatoms. The Bertz CT molecular complexity index is 1350. The molecule has 1 N–H and O–H groups in total. The Hall–Kier alpha value is -4.00. The topological polar surface area (TPSA) is 113 Å². The zero-order valence-corrected chi connectivity index (χ0v) is 21.7. The quantitative estimate of drug-likeness (QED) is 0.340. The molecule has 0 aromatic heterocycles. The summed E-state index contributed by atoms with van der Waals surface area (Å²) in [4.78, 5) is 51.5. The number of carbonyl (C=O) groups excluding carboxylic acids is 3. The van der Waals surface area contributed by atoms with Gasteiger partial charge < -0.3 is 14.6 Å². The van der Waals surface area contributed by atoms with Gasteiger partial charge >= 0.3 is 18.1 Å². The number of alkyl halides is 3. The van der Waals surface area contributed by atoms with Gasteiger partial charge in [0.15, 0.2) is 0 Å². The van der Waals surface area contributed by atoms with Crippen molar-refractivity contribution < 1.29 is 51.3 Å². The zero-order chi connectivity index (χ0) is 29.6. The fraction of sp³-hybridized carbons (Fsp3) is 0.407. The van der Waals surface area contributed by atoms with Crippen LogP contribution in [0, 0.1) is 17.7 Å². The average molecular weight is 567 g/mol. The van der Waals surface area contributed by atoms with Crippen molar-refractivity contribution in [2.45, 2.75) is 30.6 Å². The van der Waals surface area contributed by atoms with Crippen LogP contribution in [0.15, 0.2) is 42.5 Å². The monoisotopic (exact) mass is 566 g/mol. The third kappa shape index (κ3) is 4.57. The van der Waals surface area contributed by atoms with E-state index in [4.69, 9.17) is 19.4 Å². The second-order valence-electron chi connectivity index (χ2n) is 9.67. The first-order valence-electron chi connectivity index (χ1n) is 12.2. The molecule has 9 nitrogen and oxygen atoms in total. The number of ether oxygens (including phenoxy) is 2. The van der Waals surface area contributed by atoms with E-state index in [0.717, 1.165) is 28.0 Å². The molecule has 3 fully saturated rings. The van der Waals surface area contributed by atoms with E-state index in [2.05, 4.69) is 0 Å². The van der Waals surface area contributed by atoms with Crippen LogP contribution < -0.4 is 4.74 Å². The molecule has 4 atom stereocenters. The summed E-state index contributed by atoms with van der Waals surface area (Å²) in [6.45, 7) is 0.582. The molecule has 0 saturated carbocycles. The predicted octanol–water partition coefficient (Wildman–Crippen LogP) is 3.43. The average Bonchev–Trinajstić information content (AvgIpc) is 3.54. The van der Waals surface area contributed by atoms with E-state index in [9.17, 15) is 31.9 Å². The van der Waals surface area contributed by atoms with Crippen molar-refractivity contribution in [1.29, 1.82) is 0 Å². The maximum atomic E-state index is 13.4. The number of hydrogen-bond donors (Lipinski definition) is 1. The standard InChI is InChI=1S/C25H25FN2O5.C2HF3O2/c1-27-22(29)19-20(23(27)30)25(24(31)33-3)11-4-12-28(25)21(19)15-7-10-17(18(13-15)32-2)14-5-8-16(26)9-6-14;3-2(4,5)1(6)7/h5-10,13,19-21H,4,11-12H2,1-3H3;(H,6,7)/t19?,20?,21?,25-;/m0./s1. The van der Waals surface area contributed by atoms with Crippen molar-refractivity contribution >= 4 is 23.8 Å². The number of likely N-dealkylation sites (tertiary alicyclic amines) is 1. The Kier molecular flexibility index (Phi) is 7.63. The molecule has 3 unspecified atom stereocenters. The van der Waals surface area contributed by atoms with Crippen LogP contribution in [0.5, 0.6) is 5.75 Å². The molecule has 214 valence electrons. The van der Waals surface area contributed by atoms with Crippen LogP contribution in [0.2, 0.25) is 0 Å². The lowest BCUT2D eigenvalue weighted by molar-refractivity contribution is -0.192. The van der Waals surface area contributed by atoms with E-state index >= 15 is 0 Å². The summed E-state index contributed by atoms with van der Waals surface area (Å²) in [5, 5.41) is 7.12. The van der Waals surface area contributed by atoms with Crippen LogP contribution in [-0.2, 0) is 23.9 Å². The van der Waals surface area contributed by atoms with E-state index in [1.165, 1.54) is 26.3 Å². The number of amides is 2. The lowest BCUT2D eigenvalue weighted by Crippen LogP contribution is -2.54. The SMILES string of the molecule is COC(=O)[C@@]12CCCN1C(c1ccc(-c3ccc(F)cc3)c(OC)c1)C1C(=O)N(C)C(=O)C12.O=C(O)C(F)(F)F. The molecule has 5 rings (SSSR count). The van der Waals surface area contributed by atoms with E-state index in [1.807, 2.05) is 23.1 Å². The number of fused-ring (bicyclic) bond motifs is 3. The van der Waals surface area contributed by atoms with Gasteiger partial charge in [-0.15, -0.1) is 0 Å². The van der Waals surface area contributed by atoms with Gasteiger partial charge in [0.2, 0.25) is 11.8 Å². The van der Waals surface area contributed by atoms with Crippen molar-refractivity contribution in [3.63, 3.8) is 0 Å². The minimum Gasteiger partial charge on any atom is -0.496 e. The minimum absolute atomic E-state index is 0.283. The maximum Gasteiger partial charge on any atom is 0.490 e. The number of halogens is 4. The van der Waals surface area contributed by atoms with Gasteiger partial charge in [0.05, 0.1) is 26.1 Å². The normalized spacial score (nSPS) is 25.7. The second-order valence-corrected chi connectivity index (χ2v) is 9.67. The number of aliphatic carboxylic acids is 1. The molecule has 3 aliphatic heterocycles. The molecular weight excluding hydrogens is 540 g/mol. The first-order chi connectivity index (χ1) is 18.8. The van der Waals surface area contributed by atoms with Crippen LogP contribution >= 0.6 is 0 Å². The number of esters is 1. The number of carbonyl (C=O) groups is 4. The van der Waals surface area contributed by atoms with Gasteiger partial charge in [-0.25, -0.2) is 9.18 Å². The zero-order valence-electron chi connectivity index (χ0n) is 21.7. The van der Waals surface area contributed by atoms with Crippen LogP contribution in [0.4, 0.5) is 17.6 Å². The van der Waals surface area contributed by atoms with E-state index in [1.54, 1.807) is 19.2 Å². The highest BCUT2D eigenvalue weighted by Gasteiger charge is 2.73. The Balaban J connectivity index is 0.000000470. The van der Waals surface area contributed by atoms with Crippen LogP contribution in [-0.4, -0.2) is 78.2 Å². The second kappa shape index (κ2) is 10.5. The number of carboxylic acids is 1. The first-order valence-corrected chi connectivity index (χ1v) is 12.2. The molecule has 3 saturated heterocycles. The third-order valence-corrected chi connectivity index (χ3v) is 7.74. The van der Waals surface area contributed by atoms with Crippen LogP contribution in [0.3, 0.4) is 0 Å². The van der Waals surface area contributed by atoms with E-state index < -0.39 is 41.5 Å². The molecule has 40 heavy (non-hydrogen) atoms. The van der Waals surface area contributed by atoms with Crippen molar-refractivity contribution in [2.24, 2.45) is 11.8 Å². The predicted molar refractivity (Wildman–Crippen MR) is 130 cm³/mol.